The minimum absolute atomic E-state index is 0.144. The normalized spacial score (nSPS) is 16.6. The molecule has 0 bridgehead atoms. The van der Waals surface area contributed by atoms with Crippen molar-refractivity contribution in [2.45, 2.75) is 113 Å². The summed E-state index contributed by atoms with van der Waals surface area (Å²) < 4.78 is 6.34. The van der Waals surface area contributed by atoms with Crippen LogP contribution in [0.2, 0.25) is 0 Å². The van der Waals surface area contributed by atoms with Crippen LogP contribution >= 0.6 is 11.8 Å². The quantitative estimate of drug-likeness (QED) is 0.0991. The monoisotopic (exact) mass is 720 g/mol. The molecule has 3 nitrogen and oxygen atoms in total. The highest BCUT2D eigenvalue weighted by Gasteiger charge is 2.34. The molecule has 0 amide bonds. The van der Waals surface area contributed by atoms with Gasteiger partial charge in [-0.15, -0.1) is 0 Å². The Kier molecular flexibility index (Phi) is 12.3. The SMILES string of the molecule is CCCCCCc1ccc(Sc2cccc3c2C(=O)c2cccc(Oc4ccc(-c5ccc(C6CCC(CCCCC)CC6)cc5)cc4)c2C3=O)cc1. The third-order valence-electron chi connectivity index (χ3n) is 11.3. The molecule has 0 N–H and O–H groups in total. The first-order valence-corrected chi connectivity index (χ1v) is 20.8. The molecule has 1 saturated carbocycles. The minimum Gasteiger partial charge on any atom is -0.457 e. The molecule has 0 heterocycles. The molecule has 0 radical (unpaired) electrons. The van der Waals surface area contributed by atoms with Gasteiger partial charge in [0.25, 0.3) is 0 Å². The van der Waals surface area contributed by atoms with Gasteiger partial charge in [0.15, 0.2) is 11.6 Å². The second-order valence-electron chi connectivity index (χ2n) is 15.0. The summed E-state index contributed by atoms with van der Waals surface area (Å²) in [6, 6.07) is 36.6. The van der Waals surface area contributed by atoms with E-state index in [9.17, 15) is 9.59 Å². The zero-order valence-corrected chi connectivity index (χ0v) is 32.2. The maximum absolute atomic E-state index is 14.1. The van der Waals surface area contributed by atoms with Gasteiger partial charge in [-0.05, 0) is 109 Å². The zero-order chi connectivity index (χ0) is 36.6. The van der Waals surface area contributed by atoms with E-state index < -0.39 is 0 Å². The summed E-state index contributed by atoms with van der Waals surface area (Å²) in [7, 11) is 0. The van der Waals surface area contributed by atoms with Crippen molar-refractivity contribution in [2.24, 2.45) is 5.92 Å². The van der Waals surface area contributed by atoms with Crippen LogP contribution in [0.25, 0.3) is 11.1 Å². The van der Waals surface area contributed by atoms with E-state index >= 15 is 0 Å². The van der Waals surface area contributed by atoms with Gasteiger partial charge in [-0.25, -0.2) is 0 Å². The summed E-state index contributed by atoms with van der Waals surface area (Å²) in [4.78, 5) is 30.0. The lowest BCUT2D eigenvalue weighted by atomic mass is 9.77. The molecule has 7 rings (SSSR count). The topological polar surface area (TPSA) is 43.4 Å². The van der Waals surface area contributed by atoms with E-state index in [0.717, 1.165) is 27.7 Å². The van der Waals surface area contributed by atoms with Crippen LogP contribution in [0.4, 0.5) is 0 Å². The van der Waals surface area contributed by atoms with Crippen LogP contribution in [0.15, 0.2) is 119 Å². The third-order valence-corrected chi connectivity index (χ3v) is 12.4. The maximum atomic E-state index is 14.1. The molecule has 1 fully saturated rings. The number of aryl methyl sites for hydroxylation is 1. The molecule has 2 aliphatic carbocycles. The highest BCUT2D eigenvalue weighted by atomic mass is 32.2. The molecule has 0 saturated heterocycles. The zero-order valence-electron chi connectivity index (χ0n) is 31.4. The Balaban J connectivity index is 1.01. The fraction of sp³-hybridized carbons (Fsp3) is 0.347. The molecule has 272 valence electrons. The van der Waals surface area contributed by atoms with Gasteiger partial charge in [0.2, 0.25) is 0 Å². The third kappa shape index (κ3) is 8.71. The number of unbranched alkanes of at least 4 members (excludes halogenated alkanes) is 5. The molecule has 0 aliphatic heterocycles. The Hall–Kier alpha value is -4.41. The summed E-state index contributed by atoms with van der Waals surface area (Å²) in [5, 5.41) is 0. The van der Waals surface area contributed by atoms with Gasteiger partial charge < -0.3 is 4.74 Å². The van der Waals surface area contributed by atoms with Crippen LogP contribution in [0, 0.1) is 5.92 Å². The molecule has 4 heteroatoms. The number of carbonyl (C=O) groups is 2. The van der Waals surface area contributed by atoms with Gasteiger partial charge in [-0.2, -0.15) is 0 Å². The summed E-state index contributed by atoms with van der Waals surface area (Å²) in [6.45, 7) is 4.52. The summed E-state index contributed by atoms with van der Waals surface area (Å²) >= 11 is 1.54. The lowest BCUT2D eigenvalue weighted by Gasteiger charge is -2.29. The second-order valence-corrected chi connectivity index (χ2v) is 16.1. The van der Waals surface area contributed by atoms with Crippen LogP contribution in [0.1, 0.15) is 140 Å². The van der Waals surface area contributed by atoms with Crippen molar-refractivity contribution in [3.05, 3.63) is 143 Å². The van der Waals surface area contributed by atoms with Gasteiger partial charge >= 0.3 is 0 Å². The van der Waals surface area contributed by atoms with Gasteiger partial charge in [-0.3, -0.25) is 9.59 Å². The number of benzene rings is 5. The van der Waals surface area contributed by atoms with Crippen molar-refractivity contribution in [3.63, 3.8) is 0 Å². The van der Waals surface area contributed by atoms with Gasteiger partial charge in [0.05, 0.1) is 5.56 Å². The van der Waals surface area contributed by atoms with Crippen molar-refractivity contribution in [2.75, 3.05) is 0 Å². The number of fused-ring (bicyclic) bond motifs is 2. The molecule has 0 spiro atoms. The molecule has 5 aromatic rings. The van der Waals surface area contributed by atoms with Crippen LogP contribution in [-0.2, 0) is 6.42 Å². The molecule has 0 atom stereocenters. The first-order valence-electron chi connectivity index (χ1n) is 20.0. The molecule has 0 aromatic heterocycles. The van der Waals surface area contributed by atoms with Crippen LogP contribution in [-0.4, -0.2) is 11.6 Å². The number of hydrogen-bond acceptors (Lipinski definition) is 4. The molecule has 53 heavy (non-hydrogen) atoms. The molecule has 2 aliphatic rings. The van der Waals surface area contributed by atoms with E-state index in [0.29, 0.717) is 39.7 Å². The Morgan fingerprint density at radius 3 is 1.92 bits per heavy atom. The van der Waals surface area contributed by atoms with E-state index in [-0.39, 0.29) is 11.6 Å². The van der Waals surface area contributed by atoms with E-state index in [4.69, 9.17) is 4.74 Å². The molecule has 0 unspecified atom stereocenters. The molecular formula is C49H52O3S. The summed E-state index contributed by atoms with van der Waals surface area (Å²) in [5.41, 5.74) is 6.70. The van der Waals surface area contributed by atoms with E-state index in [1.165, 1.54) is 106 Å². The highest BCUT2D eigenvalue weighted by Crippen LogP contribution is 2.41. The lowest BCUT2D eigenvalue weighted by molar-refractivity contribution is 0.0975. The average molecular weight is 721 g/mol. The van der Waals surface area contributed by atoms with Crippen molar-refractivity contribution in [1.29, 1.82) is 0 Å². The first-order chi connectivity index (χ1) is 26.0. The predicted molar refractivity (Wildman–Crippen MR) is 219 cm³/mol. The minimum atomic E-state index is -0.184. The number of carbonyl (C=O) groups excluding carboxylic acids is 2. The molecular weight excluding hydrogens is 669 g/mol. The fourth-order valence-corrected chi connectivity index (χ4v) is 9.19. The Morgan fingerprint density at radius 1 is 0.604 bits per heavy atom. The number of hydrogen-bond donors (Lipinski definition) is 0. The largest absolute Gasteiger partial charge is 0.457 e. The van der Waals surface area contributed by atoms with Crippen molar-refractivity contribution in [1.82, 2.24) is 0 Å². The predicted octanol–water partition coefficient (Wildman–Crippen LogP) is 14.0. The first kappa shape index (κ1) is 36.9. The Morgan fingerprint density at radius 2 is 1.23 bits per heavy atom. The lowest BCUT2D eigenvalue weighted by Crippen LogP contribution is -2.22. The number of ether oxygens (including phenoxy) is 1. The maximum Gasteiger partial charge on any atom is 0.198 e. The Bertz CT molecular complexity index is 2000. The van der Waals surface area contributed by atoms with Gasteiger partial charge in [0, 0.05) is 26.5 Å². The second kappa shape index (κ2) is 17.6. The van der Waals surface area contributed by atoms with Crippen molar-refractivity contribution < 1.29 is 14.3 Å². The van der Waals surface area contributed by atoms with Crippen molar-refractivity contribution in [3.8, 4) is 22.6 Å². The summed E-state index contributed by atoms with van der Waals surface area (Å²) in [6.07, 6.45) is 16.9. The van der Waals surface area contributed by atoms with Crippen LogP contribution in [0.5, 0.6) is 11.5 Å². The van der Waals surface area contributed by atoms with Gasteiger partial charge in [0.1, 0.15) is 11.5 Å². The molecule has 5 aromatic carbocycles. The van der Waals surface area contributed by atoms with E-state index in [2.05, 4.69) is 74.5 Å². The smallest absolute Gasteiger partial charge is 0.198 e. The van der Waals surface area contributed by atoms with Crippen molar-refractivity contribution >= 4 is 23.3 Å². The fourth-order valence-electron chi connectivity index (χ4n) is 8.21. The average Bonchev–Trinajstić information content (AvgIpc) is 3.20. The number of rotatable bonds is 15. The van der Waals surface area contributed by atoms with Crippen LogP contribution in [0.3, 0.4) is 0 Å². The van der Waals surface area contributed by atoms with E-state index in [1.807, 2.05) is 24.3 Å². The van der Waals surface area contributed by atoms with Crippen LogP contribution < -0.4 is 4.74 Å². The standard InChI is InChI=1S/C49H52O3S/c1-3-5-7-9-13-35-20-32-41(33-21-35)53-45-17-11-15-43-47(45)49(51)42-14-10-16-44(46(42)48(43)50)52-40-30-28-39(29-31-40)38-26-24-37(25-27-38)36-22-18-34(19-23-36)12-8-6-4-2/h10-11,14-17,20-21,24-34,36H,3-9,12-13,18-19,22-23H2,1-2H3. The number of ketones is 2. The Labute approximate surface area is 320 Å². The van der Waals surface area contributed by atoms with E-state index in [1.54, 1.807) is 24.3 Å². The highest BCUT2D eigenvalue weighted by molar-refractivity contribution is 7.99. The van der Waals surface area contributed by atoms with Gasteiger partial charge in [-0.1, -0.05) is 143 Å². The summed E-state index contributed by atoms with van der Waals surface area (Å²) in [5.74, 6) is 2.29.